The van der Waals surface area contributed by atoms with Crippen LogP contribution in [0.4, 0.5) is 0 Å². The first kappa shape index (κ1) is 14.6. The number of esters is 1. The van der Waals surface area contributed by atoms with Crippen molar-refractivity contribution >= 4 is 23.6 Å². The summed E-state index contributed by atoms with van der Waals surface area (Å²) in [6.07, 6.45) is 4.44. The predicted molar refractivity (Wildman–Crippen MR) is 74.5 cm³/mol. The standard InChI is InChI=1S/C15H17ClO2/c1-3-4-5-13(15(17)18-2)9-6-12-7-10-14(16)11-8-12/h6-8,10-11H,3-5H2,1-2H3. The van der Waals surface area contributed by atoms with Crippen molar-refractivity contribution in [2.45, 2.75) is 26.2 Å². The normalized spacial score (nSPS) is 9.50. The zero-order valence-corrected chi connectivity index (χ0v) is 11.5. The van der Waals surface area contributed by atoms with E-state index in [0.29, 0.717) is 17.0 Å². The lowest BCUT2D eigenvalue weighted by Crippen LogP contribution is -2.03. The van der Waals surface area contributed by atoms with Crippen molar-refractivity contribution in [1.29, 1.82) is 0 Å². The van der Waals surface area contributed by atoms with Crippen molar-refractivity contribution in [3.8, 4) is 0 Å². The van der Waals surface area contributed by atoms with Crippen LogP contribution in [0.1, 0.15) is 31.7 Å². The van der Waals surface area contributed by atoms with Crippen LogP contribution >= 0.6 is 11.6 Å². The highest BCUT2D eigenvalue weighted by Gasteiger charge is 2.07. The molecule has 0 spiro atoms. The Morgan fingerprint density at radius 1 is 1.39 bits per heavy atom. The molecule has 3 heteroatoms. The number of carbonyl (C=O) groups is 1. The summed E-state index contributed by atoms with van der Waals surface area (Å²) in [5, 5.41) is 0.690. The lowest BCUT2D eigenvalue weighted by Gasteiger charge is -2.00. The number of ether oxygens (including phenoxy) is 1. The quantitative estimate of drug-likeness (QED) is 0.452. The highest BCUT2D eigenvalue weighted by atomic mass is 35.5. The highest BCUT2D eigenvalue weighted by molar-refractivity contribution is 6.30. The third-order valence-electron chi connectivity index (χ3n) is 2.50. The van der Waals surface area contributed by atoms with E-state index < -0.39 is 0 Å². The monoisotopic (exact) mass is 264 g/mol. The van der Waals surface area contributed by atoms with Gasteiger partial charge < -0.3 is 4.74 Å². The lowest BCUT2D eigenvalue weighted by atomic mass is 10.1. The van der Waals surface area contributed by atoms with Gasteiger partial charge in [-0.25, -0.2) is 4.79 Å². The van der Waals surface area contributed by atoms with Crippen molar-refractivity contribution < 1.29 is 9.53 Å². The van der Waals surface area contributed by atoms with E-state index in [2.05, 4.69) is 12.7 Å². The van der Waals surface area contributed by atoms with Crippen LogP contribution < -0.4 is 0 Å². The Morgan fingerprint density at radius 3 is 2.61 bits per heavy atom. The molecule has 0 aliphatic carbocycles. The molecule has 2 nitrogen and oxygen atoms in total. The van der Waals surface area contributed by atoms with Crippen molar-refractivity contribution in [1.82, 2.24) is 0 Å². The maximum atomic E-state index is 11.5. The summed E-state index contributed by atoms with van der Waals surface area (Å²) in [5.41, 5.74) is 4.55. The van der Waals surface area contributed by atoms with Crippen LogP contribution in [0.25, 0.3) is 6.08 Å². The van der Waals surface area contributed by atoms with Crippen LogP contribution in [-0.4, -0.2) is 13.1 Å². The molecule has 1 rings (SSSR count). The maximum absolute atomic E-state index is 11.5. The van der Waals surface area contributed by atoms with E-state index in [0.717, 1.165) is 18.4 Å². The van der Waals surface area contributed by atoms with E-state index in [-0.39, 0.29) is 5.97 Å². The molecule has 0 saturated carbocycles. The Kier molecular flexibility index (Phi) is 6.27. The molecular formula is C15H17ClO2. The molecule has 0 bridgehead atoms. The van der Waals surface area contributed by atoms with Crippen molar-refractivity contribution in [3.05, 3.63) is 46.2 Å². The van der Waals surface area contributed by atoms with Crippen LogP contribution in [0, 0.1) is 0 Å². The SMILES string of the molecule is CCCCC(=C=Cc1ccc(Cl)cc1)C(=O)OC. The van der Waals surface area contributed by atoms with Crippen molar-refractivity contribution in [2.24, 2.45) is 0 Å². The summed E-state index contributed by atoms with van der Waals surface area (Å²) in [5.74, 6) is -0.311. The Balaban J connectivity index is 2.92. The number of methoxy groups -OCH3 is 1. The number of rotatable bonds is 5. The number of hydrogen-bond donors (Lipinski definition) is 0. The van der Waals surface area contributed by atoms with Gasteiger partial charge in [-0.15, -0.1) is 5.73 Å². The predicted octanol–water partition coefficient (Wildman–Crippen LogP) is 4.24. The van der Waals surface area contributed by atoms with E-state index in [9.17, 15) is 4.79 Å². The summed E-state index contributed by atoms with van der Waals surface area (Å²) < 4.78 is 4.74. The Labute approximate surface area is 113 Å². The van der Waals surface area contributed by atoms with Gasteiger partial charge in [0.2, 0.25) is 0 Å². The van der Waals surface area contributed by atoms with E-state index in [1.807, 2.05) is 12.1 Å². The van der Waals surface area contributed by atoms with Gasteiger partial charge in [-0.05, 0) is 36.6 Å². The zero-order valence-electron chi connectivity index (χ0n) is 10.7. The van der Waals surface area contributed by atoms with Crippen molar-refractivity contribution in [2.75, 3.05) is 7.11 Å². The Morgan fingerprint density at radius 2 is 2.06 bits per heavy atom. The van der Waals surface area contributed by atoms with E-state index in [1.165, 1.54) is 7.11 Å². The Hall–Kier alpha value is -1.50. The van der Waals surface area contributed by atoms with Crippen molar-refractivity contribution in [3.63, 3.8) is 0 Å². The number of carbonyl (C=O) groups excluding carboxylic acids is 1. The molecule has 0 heterocycles. The third kappa shape index (κ3) is 4.79. The molecule has 96 valence electrons. The number of hydrogen-bond acceptors (Lipinski definition) is 2. The first-order valence-electron chi connectivity index (χ1n) is 5.96. The van der Waals surface area contributed by atoms with E-state index in [4.69, 9.17) is 16.3 Å². The molecule has 0 fully saturated rings. The summed E-state index contributed by atoms with van der Waals surface area (Å²) in [6.45, 7) is 2.08. The molecule has 1 aromatic carbocycles. The van der Waals surface area contributed by atoms with Gasteiger partial charge in [0.15, 0.2) is 0 Å². The van der Waals surface area contributed by atoms with Gasteiger partial charge in [0, 0.05) is 5.02 Å². The third-order valence-corrected chi connectivity index (χ3v) is 2.75. The van der Waals surface area contributed by atoms with Gasteiger partial charge in [-0.2, -0.15) is 0 Å². The van der Waals surface area contributed by atoms with Gasteiger partial charge in [-0.1, -0.05) is 37.1 Å². The highest BCUT2D eigenvalue weighted by Crippen LogP contribution is 2.12. The van der Waals surface area contributed by atoms with Gasteiger partial charge in [0.1, 0.15) is 0 Å². The maximum Gasteiger partial charge on any atom is 0.341 e. The first-order chi connectivity index (χ1) is 8.67. The van der Waals surface area contributed by atoms with Crippen LogP contribution in [0.3, 0.4) is 0 Å². The van der Waals surface area contributed by atoms with Gasteiger partial charge in [-0.3, -0.25) is 0 Å². The summed E-state index contributed by atoms with van der Waals surface area (Å²) in [7, 11) is 1.39. The Bertz CT molecular complexity index is 454. The molecule has 0 radical (unpaired) electrons. The number of unbranched alkanes of at least 4 members (excludes halogenated alkanes) is 1. The minimum atomic E-state index is -0.311. The van der Waals surface area contributed by atoms with Crippen LogP contribution in [0.5, 0.6) is 0 Å². The molecular weight excluding hydrogens is 248 g/mol. The second-order valence-electron chi connectivity index (χ2n) is 3.91. The largest absolute Gasteiger partial charge is 0.465 e. The number of benzene rings is 1. The summed E-state index contributed by atoms with van der Waals surface area (Å²) in [4.78, 5) is 11.5. The van der Waals surface area contributed by atoms with E-state index in [1.54, 1.807) is 18.2 Å². The first-order valence-corrected chi connectivity index (χ1v) is 6.34. The average molecular weight is 265 g/mol. The smallest absolute Gasteiger partial charge is 0.341 e. The molecule has 0 amide bonds. The topological polar surface area (TPSA) is 26.3 Å². The second kappa shape index (κ2) is 7.75. The van der Waals surface area contributed by atoms with Gasteiger partial charge >= 0.3 is 5.97 Å². The fourth-order valence-electron chi connectivity index (χ4n) is 1.44. The second-order valence-corrected chi connectivity index (χ2v) is 4.35. The molecule has 0 atom stereocenters. The molecule has 18 heavy (non-hydrogen) atoms. The lowest BCUT2D eigenvalue weighted by molar-refractivity contribution is -0.136. The summed E-state index contributed by atoms with van der Waals surface area (Å²) in [6, 6.07) is 7.37. The molecule has 0 saturated heterocycles. The molecule has 0 aromatic heterocycles. The average Bonchev–Trinajstić information content (AvgIpc) is 2.40. The van der Waals surface area contributed by atoms with Crippen LogP contribution in [-0.2, 0) is 9.53 Å². The van der Waals surface area contributed by atoms with E-state index >= 15 is 0 Å². The van der Waals surface area contributed by atoms with Gasteiger partial charge in [0.05, 0.1) is 12.7 Å². The van der Waals surface area contributed by atoms with Crippen LogP contribution in [0.15, 0.2) is 35.6 Å². The molecule has 0 aliphatic rings. The molecule has 0 N–H and O–H groups in total. The molecule has 1 aromatic rings. The minimum Gasteiger partial charge on any atom is -0.465 e. The number of halogens is 1. The fraction of sp³-hybridized carbons (Fsp3) is 0.333. The molecule has 0 unspecified atom stereocenters. The van der Waals surface area contributed by atoms with Crippen LogP contribution in [0.2, 0.25) is 5.02 Å². The summed E-state index contributed by atoms with van der Waals surface area (Å²) >= 11 is 5.80. The van der Waals surface area contributed by atoms with Gasteiger partial charge in [0.25, 0.3) is 0 Å². The minimum absolute atomic E-state index is 0.311. The fourth-order valence-corrected chi connectivity index (χ4v) is 1.57. The zero-order chi connectivity index (χ0) is 13.4. The molecule has 0 aliphatic heterocycles.